The Morgan fingerprint density at radius 3 is 1.04 bits per heavy atom. The van der Waals surface area contributed by atoms with E-state index in [1.807, 2.05) is 0 Å². The first kappa shape index (κ1) is 35.6. The van der Waals surface area contributed by atoms with Gasteiger partial charge in [0.05, 0.1) is 46.2 Å². The Morgan fingerprint density at radius 2 is 1.00 bits per heavy atom. The van der Waals surface area contributed by atoms with Gasteiger partial charge in [0.1, 0.15) is 6.10 Å². The Hall–Kier alpha value is -0.450. The number of hydrogen-bond donors (Lipinski definition) is 11. The Labute approximate surface area is 149 Å². The normalized spacial score (nSPS) is 10.0. The summed E-state index contributed by atoms with van der Waals surface area (Å²) in [5.74, 6) is -0.623. The van der Waals surface area contributed by atoms with Crippen LogP contribution in [0.3, 0.4) is 0 Å². The third-order valence-corrected chi connectivity index (χ3v) is 1.15. The van der Waals surface area contributed by atoms with Gasteiger partial charge in [-0.25, -0.2) is 4.57 Å². The fourth-order valence-electron chi connectivity index (χ4n) is 0.169. The molecule has 1 unspecified atom stereocenters. The van der Waals surface area contributed by atoms with E-state index < -0.39 is 26.3 Å². The molecule has 15 heteroatoms. The zero-order valence-electron chi connectivity index (χ0n) is 13.2. The quantitative estimate of drug-likeness (QED) is 0.142. The van der Waals surface area contributed by atoms with Crippen LogP contribution < -0.4 is 0 Å². The molecule has 0 saturated heterocycles. The van der Waals surface area contributed by atoms with Crippen LogP contribution in [0.1, 0.15) is 0 Å². The zero-order valence-corrected chi connectivity index (χ0v) is 14.9. The van der Waals surface area contributed by atoms with Crippen molar-refractivity contribution >= 4 is 31.2 Å². The third-order valence-electron chi connectivity index (χ3n) is 0.918. The molecule has 0 aromatic rings. The summed E-state index contributed by atoms with van der Waals surface area (Å²) < 4.78 is 8.88. The number of ketones is 1. The van der Waals surface area contributed by atoms with E-state index in [4.69, 9.17) is 60.1 Å². The summed E-state index contributed by atoms with van der Waals surface area (Å²) in [7, 11) is -4.64. The van der Waals surface area contributed by atoms with Crippen LogP contribution in [0.4, 0.5) is 0 Å². The Bertz CT molecular complexity index is 275. The standard InChI is InChI=1S/C4H6O3S.3C2H6O2.H3O4P/c5-1-3(6)4(7)2-8;3*3-1-2-4;1-5(2,3)4/h2-3,5-6H,1H2;3*3-4H,1-2H2;(H3,1,2,3,4). The van der Waals surface area contributed by atoms with E-state index in [1.54, 1.807) is 0 Å². The first-order valence-electron chi connectivity index (χ1n) is 6.18. The van der Waals surface area contributed by atoms with Crippen molar-refractivity contribution in [3.05, 3.63) is 0 Å². The molecule has 13 nitrogen and oxygen atoms in total. The molecule has 25 heavy (non-hydrogen) atoms. The second kappa shape index (κ2) is 31.3. The lowest BCUT2D eigenvalue weighted by molar-refractivity contribution is -0.121. The molecule has 0 rings (SSSR count). The molecule has 0 spiro atoms. The van der Waals surface area contributed by atoms with Crippen LogP contribution in [0.25, 0.3) is 0 Å². The fourth-order valence-corrected chi connectivity index (χ4v) is 0.326. The number of aliphatic hydroxyl groups is 8. The van der Waals surface area contributed by atoms with Crippen molar-refractivity contribution in [2.24, 2.45) is 0 Å². The topological polar surface area (TPSA) is 257 Å². The maximum atomic E-state index is 10.2. The van der Waals surface area contributed by atoms with Gasteiger partial charge in [0.25, 0.3) is 0 Å². The van der Waals surface area contributed by atoms with Crippen molar-refractivity contribution in [3.63, 3.8) is 0 Å². The number of aliphatic hydroxyl groups excluding tert-OH is 8. The zero-order chi connectivity index (χ0) is 21.3. The Balaban J connectivity index is -0.0000000694. The van der Waals surface area contributed by atoms with Crippen LogP contribution in [-0.4, -0.2) is 119 Å². The van der Waals surface area contributed by atoms with Crippen molar-refractivity contribution in [2.45, 2.75) is 6.10 Å². The number of carbonyl (C=O) groups excluding carboxylic acids is 1. The van der Waals surface area contributed by atoms with Crippen LogP contribution >= 0.6 is 20.0 Å². The average molecular weight is 418 g/mol. The van der Waals surface area contributed by atoms with Crippen molar-refractivity contribution in [1.29, 1.82) is 0 Å². The highest BCUT2D eigenvalue weighted by Gasteiger charge is 2.08. The van der Waals surface area contributed by atoms with Crippen LogP contribution in [0.5, 0.6) is 0 Å². The molecular formula is C10H27O13PS. The van der Waals surface area contributed by atoms with E-state index >= 15 is 0 Å². The number of phosphoric acid groups is 1. The smallest absolute Gasteiger partial charge is 0.394 e. The predicted octanol–water partition coefficient (Wildman–Crippen LogP) is -5.11. The monoisotopic (exact) mass is 418 g/mol. The summed E-state index contributed by atoms with van der Waals surface area (Å²) >= 11 is 4.17. The van der Waals surface area contributed by atoms with Gasteiger partial charge >= 0.3 is 7.82 Å². The fraction of sp³-hybridized carbons (Fsp3) is 0.800. The lowest BCUT2D eigenvalue weighted by Gasteiger charge is -1.97. The van der Waals surface area contributed by atoms with Gasteiger partial charge in [0.2, 0.25) is 0 Å². The molecule has 156 valence electrons. The molecular weight excluding hydrogens is 391 g/mol. The summed E-state index contributed by atoms with van der Waals surface area (Å²) in [5, 5.41) is 63.1. The van der Waals surface area contributed by atoms with E-state index in [2.05, 4.69) is 12.2 Å². The van der Waals surface area contributed by atoms with Crippen LogP contribution in [0.2, 0.25) is 0 Å². The Kier molecular flexibility index (Phi) is 44.6. The van der Waals surface area contributed by atoms with E-state index in [9.17, 15) is 4.79 Å². The number of hydrogen-bond acceptors (Lipinski definition) is 11. The Morgan fingerprint density at radius 1 is 0.800 bits per heavy atom. The number of carbonyl (C=O) groups is 1. The molecule has 0 amide bonds. The molecule has 0 radical (unpaired) electrons. The highest BCUT2D eigenvalue weighted by molar-refractivity contribution is 7.80. The van der Waals surface area contributed by atoms with Crippen molar-refractivity contribution in [1.82, 2.24) is 0 Å². The summed E-state index contributed by atoms with van der Waals surface area (Å²) in [6.45, 7) is -1.31. The lowest BCUT2D eigenvalue weighted by Crippen LogP contribution is -2.24. The van der Waals surface area contributed by atoms with Gasteiger partial charge in [-0.2, -0.15) is 0 Å². The molecule has 1 atom stereocenters. The maximum Gasteiger partial charge on any atom is 0.466 e. The maximum absolute atomic E-state index is 10.2. The first-order valence-corrected chi connectivity index (χ1v) is 8.22. The molecule has 0 heterocycles. The van der Waals surface area contributed by atoms with Crippen molar-refractivity contribution in [3.8, 4) is 0 Å². The van der Waals surface area contributed by atoms with Gasteiger partial charge < -0.3 is 55.5 Å². The summed E-state index contributed by atoms with van der Waals surface area (Å²) in [6, 6.07) is 0. The second-order valence-electron chi connectivity index (χ2n) is 3.07. The summed E-state index contributed by atoms with van der Waals surface area (Å²) in [4.78, 5) is 31.7. The lowest BCUT2D eigenvalue weighted by atomic mass is 10.3. The number of thiocarbonyl (C=S) groups is 1. The molecule has 0 aliphatic rings. The minimum atomic E-state index is -4.64. The van der Waals surface area contributed by atoms with E-state index in [1.165, 1.54) is 0 Å². The minimum absolute atomic E-state index is 0.125. The van der Waals surface area contributed by atoms with E-state index in [0.717, 1.165) is 5.37 Å². The van der Waals surface area contributed by atoms with Gasteiger partial charge in [-0.3, -0.25) is 4.79 Å². The molecule has 0 aromatic heterocycles. The van der Waals surface area contributed by atoms with Crippen molar-refractivity contribution in [2.75, 3.05) is 46.2 Å². The number of Topliss-reactive ketones (excluding diaryl/α,β-unsaturated/α-hetero) is 1. The van der Waals surface area contributed by atoms with E-state index in [-0.39, 0.29) is 39.6 Å². The molecule has 0 aliphatic carbocycles. The SMILES string of the molecule is O=C(C=S)C(O)CO.O=P(O)(O)O.OCCO.OCCO.OCCO. The van der Waals surface area contributed by atoms with Gasteiger partial charge in [0, 0.05) is 5.37 Å². The van der Waals surface area contributed by atoms with Crippen LogP contribution in [-0.2, 0) is 9.36 Å². The molecule has 11 N–H and O–H groups in total. The highest BCUT2D eigenvalue weighted by atomic mass is 32.1. The van der Waals surface area contributed by atoms with Crippen LogP contribution in [0, 0.1) is 0 Å². The minimum Gasteiger partial charge on any atom is -0.394 e. The first-order chi connectivity index (χ1) is 11.5. The van der Waals surface area contributed by atoms with Crippen LogP contribution in [0.15, 0.2) is 0 Å². The molecule has 0 aliphatic heterocycles. The summed E-state index contributed by atoms with van der Waals surface area (Å²) in [5.41, 5.74) is 0. The molecule has 0 bridgehead atoms. The highest BCUT2D eigenvalue weighted by Crippen LogP contribution is 2.25. The largest absolute Gasteiger partial charge is 0.466 e. The average Bonchev–Trinajstić information content (AvgIpc) is 2.59. The summed E-state index contributed by atoms with van der Waals surface area (Å²) in [6.07, 6.45) is -1.33. The predicted molar refractivity (Wildman–Crippen MR) is 88.5 cm³/mol. The van der Waals surface area contributed by atoms with Gasteiger partial charge in [-0.05, 0) is 0 Å². The second-order valence-corrected chi connectivity index (χ2v) is 4.34. The van der Waals surface area contributed by atoms with Gasteiger partial charge in [0.15, 0.2) is 5.78 Å². The van der Waals surface area contributed by atoms with E-state index in [0.29, 0.717) is 0 Å². The van der Waals surface area contributed by atoms with Crippen molar-refractivity contribution < 1.29 is 64.9 Å². The van der Waals surface area contributed by atoms with Gasteiger partial charge in [-0.15, -0.1) is 0 Å². The molecule has 0 fully saturated rings. The molecule has 0 saturated carbocycles. The number of rotatable bonds is 6. The van der Waals surface area contributed by atoms with Gasteiger partial charge in [-0.1, -0.05) is 12.2 Å². The third kappa shape index (κ3) is 98.3. The molecule has 0 aromatic carbocycles.